The van der Waals surface area contributed by atoms with E-state index in [1.165, 1.54) is 24.3 Å². The van der Waals surface area contributed by atoms with Crippen LogP contribution in [0.4, 0.5) is 5.69 Å². The first kappa shape index (κ1) is 18.5. The highest BCUT2D eigenvalue weighted by Crippen LogP contribution is 2.23. The second-order valence-electron chi connectivity index (χ2n) is 5.61. The molecular formula is C21H14BrNO4. The molecule has 0 aliphatic rings. The molecule has 3 aromatic carbocycles. The normalized spacial score (nSPS) is 11.1. The van der Waals surface area contributed by atoms with Crippen molar-refractivity contribution in [1.82, 2.24) is 0 Å². The lowest BCUT2D eigenvalue weighted by atomic mass is 10.1. The van der Waals surface area contributed by atoms with Gasteiger partial charge in [0.05, 0.1) is 4.92 Å². The van der Waals surface area contributed by atoms with Crippen LogP contribution < -0.4 is 4.74 Å². The fourth-order valence-corrected chi connectivity index (χ4v) is 2.61. The molecule has 0 N–H and O–H groups in total. The van der Waals surface area contributed by atoms with Crippen molar-refractivity contribution in [2.45, 2.75) is 0 Å². The van der Waals surface area contributed by atoms with Crippen LogP contribution in [0.3, 0.4) is 0 Å². The van der Waals surface area contributed by atoms with Crippen LogP contribution in [-0.2, 0) is 0 Å². The van der Waals surface area contributed by atoms with Crippen molar-refractivity contribution in [3.8, 4) is 5.75 Å². The van der Waals surface area contributed by atoms with Crippen LogP contribution in [0.15, 0.2) is 89.1 Å². The van der Waals surface area contributed by atoms with Gasteiger partial charge in [0.25, 0.3) is 5.69 Å². The molecule has 6 heteroatoms. The summed E-state index contributed by atoms with van der Waals surface area (Å²) >= 11 is 3.35. The Morgan fingerprint density at radius 3 is 2.15 bits per heavy atom. The first-order valence-electron chi connectivity index (χ1n) is 8.02. The molecule has 0 radical (unpaired) electrons. The molecule has 0 heterocycles. The van der Waals surface area contributed by atoms with E-state index in [4.69, 9.17) is 4.74 Å². The zero-order valence-electron chi connectivity index (χ0n) is 14.0. The monoisotopic (exact) mass is 423 g/mol. The highest BCUT2D eigenvalue weighted by atomic mass is 79.9. The Bertz CT molecular complexity index is 981. The third-order valence-corrected chi connectivity index (χ3v) is 4.23. The molecule has 5 nitrogen and oxygen atoms in total. The molecule has 134 valence electrons. The molecule has 0 aliphatic heterocycles. The Morgan fingerprint density at radius 1 is 0.926 bits per heavy atom. The van der Waals surface area contributed by atoms with E-state index >= 15 is 0 Å². The van der Waals surface area contributed by atoms with E-state index in [1.54, 1.807) is 30.3 Å². The summed E-state index contributed by atoms with van der Waals surface area (Å²) in [4.78, 5) is 23.2. The molecule has 0 saturated heterocycles. The van der Waals surface area contributed by atoms with Gasteiger partial charge in [-0.15, -0.1) is 0 Å². The van der Waals surface area contributed by atoms with Crippen LogP contribution in [0.1, 0.15) is 15.9 Å². The van der Waals surface area contributed by atoms with E-state index in [1.807, 2.05) is 30.3 Å². The molecule has 0 atom stereocenters. The molecule has 3 rings (SSSR count). The van der Waals surface area contributed by atoms with Crippen LogP contribution in [0.5, 0.6) is 5.75 Å². The van der Waals surface area contributed by atoms with Crippen LogP contribution in [0.25, 0.3) is 6.08 Å². The number of hydrogen-bond acceptors (Lipinski definition) is 4. The molecular weight excluding hydrogens is 410 g/mol. The zero-order valence-corrected chi connectivity index (χ0v) is 15.6. The second-order valence-corrected chi connectivity index (χ2v) is 6.52. The lowest BCUT2D eigenvalue weighted by Gasteiger charge is -2.10. The first-order valence-corrected chi connectivity index (χ1v) is 8.81. The van der Waals surface area contributed by atoms with Crippen molar-refractivity contribution in [3.05, 3.63) is 110 Å². The maximum atomic E-state index is 12.9. The van der Waals surface area contributed by atoms with Crippen LogP contribution in [0, 0.1) is 10.1 Å². The van der Waals surface area contributed by atoms with Gasteiger partial charge in [-0.3, -0.25) is 14.9 Å². The molecule has 0 aliphatic carbocycles. The summed E-state index contributed by atoms with van der Waals surface area (Å²) in [6.07, 6.45) is 1.64. The van der Waals surface area contributed by atoms with Crippen molar-refractivity contribution in [2.75, 3.05) is 0 Å². The number of nitro groups is 1. The highest BCUT2D eigenvalue weighted by Gasteiger charge is 2.16. The molecule has 0 spiro atoms. The summed E-state index contributed by atoms with van der Waals surface area (Å²) in [5.41, 5.74) is 1.23. The van der Waals surface area contributed by atoms with Gasteiger partial charge in [-0.05, 0) is 48.0 Å². The number of carbonyl (C=O) groups is 1. The minimum absolute atomic E-state index is 0.0461. The molecule has 0 fully saturated rings. The molecule has 0 bridgehead atoms. The predicted octanol–water partition coefficient (Wildman–Crippen LogP) is 5.66. The summed E-state index contributed by atoms with van der Waals surface area (Å²) < 4.78 is 6.64. The Morgan fingerprint density at radius 2 is 1.56 bits per heavy atom. The number of ether oxygens (including phenoxy) is 1. The lowest BCUT2D eigenvalue weighted by molar-refractivity contribution is -0.384. The number of nitrogens with zero attached hydrogens (tertiary/aromatic N) is 1. The third kappa shape index (κ3) is 4.89. The van der Waals surface area contributed by atoms with E-state index in [2.05, 4.69) is 15.9 Å². The van der Waals surface area contributed by atoms with Gasteiger partial charge < -0.3 is 4.74 Å². The van der Waals surface area contributed by atoms with Gasteiger partial charge in [0, 0.05) is 22.2 Å². The molecule has 0 aromatic heterocycles. The van der Waals surface area contributed by atoms with Gasteiger partial charge in [-0.1, -0.05) is 46.3 Å². The van der Waals surface area contributed by atoms with Crippen LogP contribution in [-0.4, -0.2) is 10.7 Å². The topological polar surface area (TPSA) is 69.4 Å². The summed E-state index contributed by atoms with van der Waals surface area (Å²) in [6, 6.07) is 21.9. The average Bonchev–Trinajstić information content (AvgIpc) is 2.69. The molecule has 3 aromatic rings. The predicted molar refractivity (Wildman–Crippen MR) is 107 cm³/mol. The Balaban J connectivity index is 1.94. The molecule has 27 heavy (non-hydrogen) atoms. The summed E-state index contributed by atoms with van der Waals surface area (Å²) in [7, 11) is 0. The van der Waals surface area contributed by atoms with Crippen molar-refractivity contribution < 1.29 is 14.5 Å². The number of nitro benzene ring substituents is 1. The Labute approximate surface area is 164 Å². The van der Waals surface area contributed by atoms with Gasteiger partial charge in [0.15, 0.2) is 5.76 Å². The van der Waals surface area contributed by atoms with E-state index in [9.17, 15) is 14.9 Å². The highest BCUT2D eigenvalue weighted by molar-refractivity contribution is 9.10. The number of non-ortho nitro benzene ring substituents is 1. The summed E-state index contributed by atoms with van der Waals surface area (Å²) in [5, 5.41) is 10.8. The zero-order chi connectivity index (χ0) is 19.2. The maximum Gasteiger partial charge on any atom is 0.269 e. The SMILES string of the molecule is O=C(/C(=C/c1ccccc1)Oc1ccc([N+](=O)[O-])cc1)c1ccc(Br)cc1. The second kappa shape index (κ2) is 8.42. The quantitative estimate of drug-likeness (QED) is 0.168. The molecule has 0 amide bonds. The Hall–Kier alpha value is -3.25. The fourth-order valence-electron chi connectivity index (χ4n) is 2.35. The lowest BCUT2D eigenvalue weighted by Crippen LogP contribution is -2.09. The van der Waals surface area contributed by atoms with Crippen molar-refractivity contribution in [3.63, 3.8) is 0 Å². The Kier molecular flexibility index (Phi) is 5.78. The molecule has 0 saturated carbocycles. The van der Waals surface area contributed by atoms with Gasteiger partial charge in [-0.2, -0.15) is 0 Å². The van der Waals surface area contributed by atoms with E-state index in [0.29, 0.717) is 11.3 Å². The van der Waals surface area contributed by atoms with Gasteiger partial charge in [0.1, 0.15) is 5.75 Å². The number of ketones is 1. The fraction of sp³-hybridized carbons (Fsp3) is 0. The number of carbonyl (C=O) groups excluding carboxylic acids is 1. The van der Waals surface area contributed by atoms with Crippen molar-refractivity contribution in [1.29, 1.82) is 0 Å². The van der Waals surface area contributed by atoms with E-state index in [-0.39, 0.29) is 17.2 Å². The average molecular weight is 424 g/mol. The van der Waals surface area contributed by atoms with Gasteiger partial charge in [0.2, 0.25) is 5.78 Å². The maximum absolute atomic E-state index is 12.9. The van der Waals surface area contributed by atoms with E-state index in [0.717, 1.165) is 10.0 Å². The van der Waals surface area contributed by atoms with Crippen molar-refractivity contribution in [2.24, 2.45) is 0 Å². The minimum Gasteiger partial charge on any atom is -0.453 e. The van der Waals surface area contributed by atoms with Crippen LogP contribution in [0.2, 0.25) is 0 Å². The van der Waals surface area contributed by atoms with Crippen molar-refractivity contribution >= 4 is 33.5 Å². The summed E-state index contributed by atoms with van der Waals surface area (Å²) in [5.74, 6) is 0.176. The van der Waals surface area contributed by atoms with E-state index < -0.39 is 4.92 Å². The number of benzene rings is 3. The summed E-state index contributed by atoms with van der Waals surface area (Å²) in [6.45, 7) is 0. The number of rotatable bonds is 6. The first-order chi connectivity index (χ1) is 13.0. The number of halogens is 1. The number of allylic oxidation sites excluding steroid dienone is 1. The third-order valence-electron chi connectivity index (χ3n) is 3.70. The smallest absolute Gasteiger partial charge is 0.269 e. The number of hydrogen-bond donors (Lipinski definition) is 0. The largest absolute Gasteiger partial charge is 0.453 e. The number of Topliss-reactive ketones (excluding diaryl/α,β-unsaturated/α-hetero) is 1. The standard InChI is InChI=1S/C21H14BrNO4/c22-17-8-6-16(7-9-17)21(24)20(14-15-4-2-1-3-5-15)27-19-12-10-18(11-13-19)23(25)26/h1-14H/b20-14-. The van der Waals surface area contributed by atoms with Gasteiger partial charge in [-0.25, -0.2) is 0 Å². The molecule has 0 unspecified atom stereocenters. The van der Waals surface area contributed by atoms with Gasteiger partial charge >= 0.3 is 0 Å². The van der Waals surface area contributed by atoms with Crippen LogP contribution >= 0.6 is 15.9 Å². The minimum atomic E-state index is -0.489.